The maximum atomic E-state index is 11.1. The number of rotatable bonds is 28. The second kappa shape index (κ2) is 24.4. The SMILES string of the molecule is CCCCCCCCCCCCCCCCC/C=C/CC[N+](CCC(=O)[O-])(CCC(=O)O)CCC(=O)O. The second-order valence-corrected chi connectivity index (χ2v) is 10.6. The number of nitrogens with zero attached hydrogens (tertiary/aromatic N) is 1. The molecule has 0 radical (unpaired) electrons. The van der Waals surface area contributed by atoms with Crippen molar-refractivity contribution in [2.45, 2.75) is 135 Å². The molecule has 0 aliphatic rings. The first-order valence-electron chi connectivity index (χ1n) is 14.9. The van der Waals surface area contributed by atoms with Crippen molar-refractivity contribution < 1.29 is 34.2 Å². The number of carbonyl (C=O) groups excluding carboxylic acids is 1. The highest BCUT2D eigenvalue weighted by molar-refractivity contribution is 5.67. The van der Waals surface area contributed by atoms with Gasteiger partial charge in [0.25, 0.3) is 0 Å². The summed E-state index contributed by atoms with van der Waals surface area (Å²) < 4.78 is 0.176. The largest absolute Gasteiger partial charge is 0.550 e. The van der Waals surface area contributed by atoms with Crippen LogP contribution in [0.15, 0.2) is 12.2 Å². The van der Waals surface area contributed by atoms with Gasteiger partial charge in [-0.05, 0) is 12.8 Å². The standard InChI is InChI=1S/C30H55NO6/c1-2-3-4-5-6-7-8-9-10-11-12-13-14-15-16-17-18-19-20-24-31(25-21-28(32)33,26-22-29(34)35)27-23-30(36)37/h18-19H,2-17,20-27H2,1H3,(H2-,32,33,34,35,36,37)/b19-18+. The lowest BCUT2D eigenvalue weighted by Gasteiger charge is -2.38. The van der Waals surface area contributed by atoms with Crippen LogP contribution in [0.25, 0.3) is 0 Å². The molecule has 0 aliphatic carbocycles. The average molecular weight is 526 g/mol. The first kappa shape index (κ1) is 35.1. The molecule has 37 heavy (non-hydrogen) atoms. The third-order valence-corrected chi connectivity index (χ3v) is 7.30. The van der Waals surface area contributed by atoms with E-state index in [1.165, 1.54) is 89.9 Å². The summed E-state index contributed by atoms with van der Waals surface area (Å²) in [4.78, 5) is 33.2. The van der Waals surface area contributed by atoms with Gasteiger partial charge in [-0.15, -0.1) is 0 Å². The first-order chi connectivity index (χ1) is 17.8. The fourth-order valence-corrected chi connectivity index (χ4v) is 4.88. The van der Waals surface area contributed by atoms with Crippen LogP contribution in [0.5, 0.6) is 0 Å². The second-order valence-electron chi connectivity index (χ2n) is 10.6. The Kier molecular flexibility index (Phi) is 23.2. The van der Waals surface area contributed by atoms with Gasteiger partial charge in [-0.2, -0.15) is 0 Å². The molecule has 0 unspecified atom stereocenters. The van der Waals surface area contributed by atoms with Gasteiger partial charge in [0.2, 0.25) is 0 Å². The predicted octanol–water partition coefficient (Wildman–Crippen LogP) is 6.10. The Morgan fingerprint density at radius 3 is 1.35 bits per heavy atom. The molecule has 0 amide bonds. The highest BCUT2D eigenvalue weighted by Crippen LogP contribution is 2.16. The Hall–Kier alpha value is -1.89. The minimum Gasteiger partial charge on any atom is -0.550 e. The quantitative estimate of drug-likeness (QED) is 0.0724. The lowest BCUT2D eigenvalue weighted by molar-refractivity contribution is -0.926. The van der Waals surface area contributed by atoms with Crippen LogP contribution in [0.2, 0.25) is 0 Å². The molecule has 0 saturated heterocycles. The molecule has 0 aromatic carbocycles. The Morgan fingerprint density at radius 1 is 0.568 bits per heavy atom. The third-order valence-electron chi connectivity index (χ3n) is 7.30. The Labute approximate surface area is 225 Å². The van der Waals surface area contributed by atoms with E-state index >= 15 is 0 Å². The number of allylic oxidation sites excluding steroid dienone is 1. The zero-order valence-electron chi connectivity index (χ0n) is 23.6. The molecule has 0 rings (SSSR count). The van der Waals surface area contributed by atoms with Crippen molar-refractivity contribution in [2.24, 2.45) is 0 Å². The lowest BCUT2D eigenvalue weighted by Crippen LogP contribution is -2.52. The summed E-state index contributed by atoms with van der Waals surface area (Å²) in [6.07, 6.45) is 25.6. The van der Waals surface area contributed by atoms with Gasteiger partial charge in [-0.25, -0.2) is 0 Å². The summed E-state index contributed by atoms with van der Waals surface area (Å²) >= 11 is 0. The van der Waals surface area contributed by atoms with Crippen LogP contribution in [-0.4, -0.2) is 58.8 Å². The molecule has 216 valence electrons. The molecule has 0 saturated carbocycles. The zero-order valence-corrected chi connectivity index (χ0v) is 23.6. The monoisotopic (exact) mass is 525 g/mol. The molecule has 0 atom stereocenters. The van der Waals surface area contributed by atoms with E-state index < -0.39 is 17.9 Å². The number of carboxylic acids is 3. The van der Waals surface area contributed by atoms with Crippen LogP contribution in [0.1, 0.15) is 135 Å². The van der Waals surface area contributed by atoms with Gasteiger partial charge < -0.3 is 24.6 Å². The molecule has 0 spiro atoms. The molecule has 7 nitrogen and oxygen atoms in total. The molecule has 2 N–H and O–H groups in total. The third kappa shape index (κ3) is 24.2. The van der Waals surface area contributed by atoms with Crippen LogP contribution in [0, 0.1) is 0 Å². The number of quaternary nitrogens is 1. The number of hydrogen-bond acceptors (Lipinski definition) is 4. The molecule has 0 heterocycles. The Bertz CT molecular complexity index is 574. The first-order valence-corrected chi connectivity index (χ1v) is 14.9. The molecule has 0 bridgehead atoms. The van der Waals surface area contributed by atoms with Gasteiger partial charge >= 0.3 is 11.9 Å². The van der Waals surface area contributed by atoms with E-state index in [0.29, 0.717) is 13.0 Å². The van der Waals surface area contributed by atoms with Crippen LogP contribution < -0.4 is 5.11 Å². The average Bonchev–Trinajstić information content (AvgIpc) is 2.85. The van der Waals surface area contributed by atoms with E-state index in [1.54, 1.807) is 0 Å². The molecular weight excluding hydrogens is 470 g/mol. The number of hydrogen-bond donors (Lipinski definition) is 2. The van der Waals surface area contributed by atoms with Crippen molar-refractivity contribution in [3.63, 3.8) is 0 Å². The minimum absolute atomic E-state index is 0.116. The number of carboxylic acid groups (broad SMARTS) is 3. The number of carbonyl (C=O) groups is 3. The number of aliphatic carboxylic acids is 3. The molecule has 0 aromatic rings. The van der Waals surface area contributed by atoms with E-state index in [0.717, 1.165) is 12.8 Å². The lowest BCUT2D eigenvalue weighted by atomic mass is 10.0. The van der Waals surface area contributed by atoms with Crippen molar-refractivity contribution in [1.82, 2.24) is 0 Å². The van der Waals surface area contributed by atoms with Gasteiger partial charge in [-0.3, -0.25) is 9.59 Å². The maximum Gasteiger partial charge on any atom is 0.309 e. The van der Waals surface area contributed by atoms with E-state index in [1.807, 2.05) is 0 Å². The minimum atomic E-state index is -1.20. The summed E-state index contributed by atoms with van der Waals surface area (Å²) in [5.74, 6) is -3.12. The smallest absolute Gasteiger partial charge is 0.309 e. The van der Waals surface area contributed by atoms with Crippen LogP contribution in [0.3, 0.4) is 0 Å². The van der Waals surface area contributed by atoms with Crippen molar-refractivity contribution >= 4 is 17.9 Å². The fourth-order valence-electron chi connectivity index (χ4n) is 4.88. The Balaban J connectivity index is 4.00. The number of unbranched alkanes of at least 4 members (excludes halogenated alkanes) is 15. The van der Waals surface area contributed by atoms with Crippen molar-refractivity contribution in [3.05, 3.63) is 12.2 Å². The summed E-state index contributed by atoms with van der Waals surface area (Å²) in [6, 6.07) is 0. The van der Waals surface area contributed by atoms with Gasteiger partial charge in [0.05, 0.1) is 39.0 Å². The van der Waals surface area contributed by atoms with Gasteiger partial charge in [0.1, 0.15) is 0 Å². The molecular formula is C30H55NO6. The summed E-state index contributed by atoms with van der Waals surface area (Å²) in [7, 11) is 0. The van der Waals surface area contributed by atoms with Gasteiger partial charge in [-0.1, -0.05) is 109 Å². The van der Waals surface area contributed by atoms with Crippen LogP contribution >= 0.6 is 0 Å². The normalized spacial score (nSPS) is 11.8. The predicted molar refractivity (Wildman–Crippen MR) is 147 cm³/mol. The fraction of sp³-hybridized carbons (Fsp3) is 0.833. The summed E-state index contributed by atoms with van der Waals surface area (Å²) in [6.45, 7) is 3.43. The molecule has 0 aromatic heterocycles. The Morgan fingerprint density at radius 2 is 0.946 bits per heavy atom. The zero-order chi connectivity index (χ0) is 27.6. The van der Waals surface area contributed by atoms with E-state index in [2.05, 4.69) is 19.1 Å². The topological polar surface area (TPSA) is 115 Å². The van der Waals surface area contributed by atoms with Crippen molar-refractivity contribution in [1.29, 1.82) is 0 Å². The maximum absolute atomic E-state index is 11.1. The van der Waals surface area contributed by atoms with Gasteiger partial charge in [0.15, 0.2) is 0 Å². The van der Waals surface area contributed by atoms with E-state index in [9.17, 15) is 19.5 Å². The van der Waals surface area contributed by atoms with Crippen LogP contribution in [-0.2, 0) is 14.4 Å². The van der Waals surface area contributed by atoms with Crippen LogP contribution in [0.4, 0.5) is 0 Å². The molecule has 0 fully saturated rings. The molecule has 7 heteroatoms. The highest BCUT2D eigenvalue weighted by Gasteiger charge is 2.28. The van der Waals surface area contributed by atoms with E-state index in [4.69, 9.17) is 10.2 Å². The summed E-state index contributed by atoms with van der Waals surface area (Å²) in [5, 5.41) is 29.2. The van der Waals surface area contributed by atoms with Gasteiger partial charge in [0, 0.05) is 18.8 Å². The van der Waals surface area contributed by atoms with Crippen molar-refractivity contribution in [2.75, 3.05) is 26.2 Å². The van der Waals surface area contributed by atoms with Crippen molar-refractivity contribution in [3.8, 4) is 0 Å². The summed E-state index contributed by atoms with van der Waals surface area (Å²) in [5.41, 5.74) is 0. The molecule has 0 aliphatic heterocycles. The van der Waals surface area contributed by atoms with E-state index in [-0.39, 0.29) is 43.4 Å². The highest BCUT2D eigenvalue weighted by atomic mass is 16.4.